The van der Waals surface area contributed by atoms with E-state index in [2.05, 4.69) is 17.4 Å². The fourth-order valence-corrected chi connectivity index (χ4v) is 3.71. The summed E-state index contributed by atoms with van der Waals surface area (Å²) in [5.41, 5.74) is 9.62. The van der Waals surface area contributed by atoms with Crippen molar-refractivity contribution >= 4 is 53.9 Å². The first-order valence-electron chi connectivity index (χ1n) is 9.95. The minimum atomic E-state index is -0.191. The number of anilines is 1. The number of fused-ring (bicyclic) bond motifs is 1. The van der Waals surface area contributed by atoms with E-state index in [1.54, 1.807) is 29.1 Å². The van der Waals surface area contributed by atoms with Crippen molar-refractivity contribution < 1.29 is 9.59 Å². The van der Waals surface area contributed by atoms with Crippen molar-refractivity contribution in [1.82, 2.24) is 15.3 Å². The van der Waals surface area contributed by atoms with Crippen LogP contribution in [0.4, 0.5) is 5.69 Å². The lowest BCUT2D eigenvalue weighted by atomic mass is 10.1. The summed E-state index contributed by atoms with van der Waals surface area (Å²) in [7, 11) is 1.77. The van der Waals surface area contributed by atoms with Crippen LogP contribution in [-0.2, 0) is 22.7 Å². The molecule has 0 aliphatic carbocycles. The number of rotatable bonds is 8. The van der Waals surface area contributed by atoms with Crippen LogP contribution >= 0.6 is 36.4 Å². The Morgan fingerprint density at radius 3 is 2.31 bits per heavy atom. The number of nitrogens with zero attached hydrogens (tertiary/aromatic N) is 3. The monoisotopic (exact) mass is 501 g/mol. The molecule has 0 saturated carbocycles. The minimum absolute atomic E-state index is 0. The van der Waals surface area contributed by atoms with Crippen LogP contribution in [0.1, 0.15) is 16.7 Å². The summed E-state index contributed by atoms with van der Waals surface area (Å²) >= 11 is 6.19. The number of benzene rings is 2. The first kappa shape index (κ1) is 28.0. The fraction of sp³-hybridized carbons (Fsp3) is 0.364. The van der Waals surface area contributed by atoms with Gasteiger partial charge in [0.15, 0.2) is 0 Å². The van der Waals surface area contributed by atoms with E-state index in [0.29, 0.717) is 31.2 Å². The molecule has 2 amide bonds. The molecule has 2 aromatic rings. The third-order valence-electron chi connectivity index (χ3n) is 5.25. The maximum Gasteiger partial charge on any atom is 0.256 e. The van der Waals surface area contributed by atoms with Gasteiger partial charge in [-0.05, 0) is 35.7 Å². The van der Waals surface area contributed by atoms with Crippen LogP contribution in [0.3, 0.4) is 0 Å². The first-order valence-corrected chi connectivity index (χ1v) is 10.3. The van der Waals surface area contributed by atoms with Crippen LogP contribution in [0.2, 0.25) is 5.02 Å². The molecule has 2 aromatic carbocycles. The minimum Gasteiger partial charge on any atom is -0.353 e. The van der Waals surface area contributed by atoms with Crippen LogP contribution in [0.25, 0.3) is 0 Å². The normalized spacial score (nSPS) is 12.2. The Labute approximate surface area is 206 Å². The SMILES string of the molecule is Cc1ccc(Cl)cc1N(CC(=O)NCCN)CC(=O)N(C)N1Cc2ccccc2C1.Cl.Cl. The predicted octanol–water partition coefficient (Wildman–Crippen LogP) is 2.76. The van der Waals surface area contributed by atoms with E-state index in [1.807, 2.05) is 30.1 Å². The predicted molar refractivity (Wildman–Crippen MR) is 133 cm³/mol. The summed E-state index contributed by atoms with van der Waals surface area (Å²) in [6, 6.07) is 13.6. The molecule has 176 valence electrons. The molecule has 0 bridgehead atoms. The van der Waals surface area contributed by atoms with Gasteiger partial charge in [-0.15, -0.1) is 24.8 Å². The van der Waals surface area contributed by atoms with Crippen LogP contribution in [0.15, 0.2) is 42.5 Å². The number of hydrogen-bond donors (Lipinski definition) is 2. The summed E-state index contributed by atoms with van der Waals surface area (Å²) in [4.78, 5) is 27.2. The Bertz CT molecular complexity index is 903. The lowest BCUT2D eigenvalue weighted by Gasteiger charge is -2.32. The molecule has 0 radical (unpaired) electrons. The fourth-order valence-electron chi connectivity index (χ4n) is 3.54. The molecule has 3 N–H and O–H groups in total. The zero-order valence-corrected chi connectivity index (χ0v) is 20.6. The van der Waals surface area contributed by atoms with E-state index < -0.39 is 0 Å². The van der Waals surface area contributed by atoms with Crippen LogP contribution < -0.4 is 16.0 Å². The summed E-state index contributed by atoms with van der Waals surface area (Å²) in [5.74, 6) is -0.294. The van der Waals surface area contributed by atoms with Gasteiger partial charge in [-0.2, -0.15) is 0 Å². The highest BCUT2D eigenvalue weighted by Gasteiger charge is 2.27. The smallest absolute Gasteiger partial charge is 0.256 e. The van der Waals surface area contributed by atoms with Gasteiger partial charge in [0.2, 0.25) is 5.91 Å². The lowest BCUT2D eigenvalue weighted by molar-refractivity contribution is -0.145. The molecule has 0 unspecified atom stereocenters. The highest BCUT2D eigenvalue weighted by Crippen LogP contribution is 2.26. The number of amides is 2. The molecular weight excluding hydrogens is 473 g/mol. The lowest BCUT2D eigenvalue weighted by Crippen LogP contribution is -2.48. The van der Waals surface area contributed by atoms with Crippen LogP contribution in [-0.4, -0.2) is 55.1 Å². The van der Waals surface area contributed by atoms with E-state index in [1.165, 1.54) is 11.1 Å². The summed E-state index contributed by atoms with van der Waals surface area (Å²) in [5, 5.41) is 6.96. The maximum atomic E-state index is 13.1. The van der Waals surface area contributed by atoms with E-state index in [9.17, 15) is 9.59 Å². The van der Waals surface area contributed by atoms with Crippen molar-refractivity contribution in [2.75, 3.05) is 38.1 Å². The van der Waals surface area contributed by atoms with Gasteiger partial charge in [-0.25, -0.2) is 5.01 Å². The van der Waals surface area contributed by atoms with Crippen molar-refractivity contribution in [2.24, 2.45) is 5.73 Å². The van der Waals surface area contributed by atoms with E-state index in [0.717, 1.165) is 11.3 Å². The Kier molecular flexibility index (Phi) is 11.3. The molecule has 7 nitrogen and oxygen atoms in total. The van der Waals surface area contributed by atoms with Crippen molar-refractivity contribution in [2.45, 2.75) is 20.0 Å². The quantitative estimate of drug-likeness (QED) is 0.580. The van der Waals surface area contributed by atoms with Gasteiger partial charge in [0.1, 0.15) is 0 Å². The van der Waals surface area contributed by atoms with Gasteiger partial charge >= 0.3 is 0 Å². The Hall–Kier alpha value is -2.03. The highest BCUT2D eigenvalue weighted by molar-refractivity contribution is 6.30. The number of aryl methyl sites for hydroxylation is 1. The van der Waals surface area contributed by atoms with Crippen LogP contribution in [0, 0.1) is 6.92 Å². The second-order valence-corrected chi connectivity index (χ2v) is 7.87. The topological polar surface area (TPSA) is 81.9 Å². The second kappa shape index (κ2) is 12.9. The van der Waals surface area contributed by atoms with Gasteiger partial charge in [0.05, 0.1) is 13.1 Å². The molecule has 3 rings (SSSR count). The highest BCUT2D eigenvalue weighted by atomic mass is 35.5. The van der Waals surface area contributed by atoms with Crippen molar-refractivity contribution in [1.29, 1.82) is 0 Å². The van der Waals surface area contributed by atoms with Crippen molar-refractivity contribution in [3.05, 3.63) is 64.2 Å². The molecule has 0 aromatic heterocycles. The Morgan fingerprint density at radius 2 is 1.72 bits per heavy atom. The van der Waals surface area contributed by atoms with E-state index >= 15 is 0 Å². The van der Waals surface area contributed by atoms with Crippen molar-refractivity contribution in [3.8, 4) is 0 Å². The largest absolute Gasteiger partial charge is 0.353 e. The van der Waals surface area contributed by atoms with Crippen molar-refractivity contribution in [3.63, 3.8) is 0 Å². The van der Waals surface area contributed by atoms with Gasteiger partial charge in [-0.1, -0.05) is 41.9 Å². The number of nitrogens with two attached hydrogens (primary N) is 1. The number of likely N-dealkylation sites (N-methyl/N-ethyl adjacent to an activating group) is 1. The van der Waals surface area contributed by atoms with E-state index in [-0.39, 0.29) is 49.7 Å². The van der Waals surface area contributed by atoms with Gasteiger partial charge < -0.3 is 16.0 Å². The second-order valence-electron chi connectivity index (χ2n) is 7.43. The zero-order chi connectivity index (χ0) is 21.7. The molecule has 1 heterocycles. The molecule has 0 spiro atoms. The summed E-state index contributed by atoms with van der Waals surface area (Å²) < 4.78 is 0. The average molecular weight is 503 g/mol. The molecule has 0 atom stereocenters. The molecule has 10 heteroatoms. The number of carbonyl (C=O) groups excluding carboxylic acids is 2. The van der Waals surface area contributed by atoms with Gasteiger partial charge in [0, 0.05) is 43.9 Å². The first-order chi connectivity index (χ1) is 14.4. The molecule has 32 heavy (non-hydrogen) atoms. The summed E-state index contributed by atoms with van der Waals surface area (Å²) in [6.45, 7) is 4.15. The maximum absolute atomic E-state index is 13.1. The van der Waals surface area contributed by atoms with E-state index in [4.69, 9.17) is 17.3 Å². The third kappa shape index (κ3) is 6.98. The van der Waals surface area contributed by atoms with Gasteiger partial charge in [-0.3, -0.25) is 14.6 Å². The molecule has 0 saturated heterocycles. The Balaban J connectivity index is 0.00000256. The number of halogens is 3. The number of nitrogens with one attached hydrogen (secondary N) is 1. The molecule has 1 aliphatic rings. The Morgan fingerprint density at radius 1 is 1.09 bits per heavy atom. The zero-order valence-electron chi connectivity index (χ0n) is 18.2. The third-order valence-corrected chi connectivity index (χ3v) is 5.48. The molecular formula is C22H30Cl3N5O2. The number of hydrogen-bond acceptors (Lipinski definition) is 5. The number of carbonyl (C=O) groups is 2. The van der Waals surface area contributed by atoms with Gasteiger partial charge in [0.25, 0.3) is 5.91 Å². The average Bonchev–Trinajstić information content (AvgIpc) is 3.17. The molecule has 1 aliphatic heterocycles. The van der Waals surface area contributed by atoms with Crippen LogP contribution in [0.5, 0.6) is 0 Å². The number of hydrazine groups is 1. The molecule has 0 fully saturated rings. The summed E-state index contributed by atoms with van der Waals surface area (Å²) in [6.07, 6.45) is 0. The standard InChI is InChI=1S/C22H28ClN5O2.2ClH/c1-16-7-8-19(23)11-20(16)27(14-21(29)25-10-9-24)15-22(30)26(2)28-12-17-5-3-4-6-18(17)13-28;;/h3-8,11H,9-10,12-15,24H2,1-2H3,(H,25,29);2*1H.